The zero-order chi connectivity index (χ0) is 16.7. The summed E-state index contributed by atoms with van der Waals surface area (Å²) in [5.41, 5.74) is 1.28. The second kappa shape index (κ2) is 9.13. The van der Waals surface area contributed by atoms with Gasteiger partial charge in [-0.15, -0.1) is 0 Å². The van der Waals surface area contributed by atoms with Gasteiger partial charge in [0, 0.05) is 42.9 Å². The van der Waals surface area contributed by atoms with E-state index in [9.17, 15) is 0 Å². The van der Waals surface area contributed by atoms with Gasteiger partial charge in [-0.2, -0.15) is 0 Å². The lowest BCUT2D eigenvalue weighted by Crippen LogP contribution is -2.45. The van der Waals surface area contributed by atoms with Crippen LogP contribution in [0, 0.1) is 0 Å². The molecule has 0 aromatic heterocycles. The molecule has 5 nitrogen and oxygen atoms in total. The van der Waals surface area contributed by atoms with Crippen LogP contribution in [0.1, 0.15) is 12.8 Å². The molecule has 1 aliphatic rings. The Morgan fingerprint density at radius 2 is 2.09 bits per heavy atom. The molecule has 0 saturated carbocycles. The van der Waals surface area contributed by atoms with Crippen molar-refractivity contribution < 1.29 is 0 Å². The number of halogens is 1. The normalized spacial score (nSPS) is 18.6. The van der Waals surface area contributed by atoms with Crippen LogP contribution in [0.3, 0.4) is 0 Å². The molecular formula is C17H28BrN5. The molecule has 1 unspecified atom stereocenters. The van der Waals surface area contributed by atoms with E-state index < -0.39 is 0 Å². The first kappa shape index (κ1) is 18.1. The number of aliphatic imine (C=N–C) groups is 1. The van der Waals surface area contributed by atoms with E-state index in [1.165, 1.54) is 5.69 Å². The number of rotatable bonds is 6. The molecule has 0 spiro atoms. The molecule has 0 aliphatic carbocycles. The zero-order valence-corrected chi connectivity index (χ0v) is 15.9. The second-order valence-electron chi connectivity index (χ2n) is 6.21. The fourth-order valence-electron chi connectivity index (χ4n) is 2.75. The predicted octanol–water partition coefficient (Wildman–Crippen LogP) is 2.14. The maximum absolute atomic E-state index is 4.33. The molecule has 1 aromatic carbocycles. The Hall–Kier alpha value is -1.27. The summed E-state index contributed by atoms with van der Waals surface area (Å²) in [6.07, 6.45) is 2.25. The highest BCUT2D eigenvalue weighted by atomic mass is 79.9. The predicted molar refractivity (Wildman–Crippen MR) is 102 cm³/mol. The number of anilines is 1. The molecule has 1 aliphatic heterocycles. The van der Waals surface area contributed by atoms with Crippen LogP contribution in [0.15, 0.2) is 33.7 Å². The molecule has 23 heavy (non-hydrogen) atoms. The van der Waals surface area contributed by atoms with Crippen molar-refractivity contribution >= 4 is 27.6 Å². The van der Waals surface area contributed by atoms with Crippen LogP contribution in [0.5, 0.6) is 0 Å². The first-order chi connectivity index (χ1) is 11.1. The molecule has 2 N–H and O–H groups in total. The average Bonchev–Trinajstić information content (AvgIpc) is 2.99. The lowest BCUT2D eigenvalue weighted by Gasteiger charge is -2.20. The lowest BCUT2D eigenvalue weighted by atomic mass is 10.2. The molecule has 1 heterocycles. The van der Waals surface area contributed by atoms with E-state index in [4.69, 9.17) is 0 Å². The van der Waals surface area contributed by atoms with Crippen molar-refractivity contribution in [3.8, 4) is 0 Å². The van der Waals surface area contributed by atoms with Gasteiger partial charge in [0.15, 0.2) is 5.96 Å². The molecule has 1 atom stereocenters. The molecule has 2 rings (SSSR count). The Labute approximate surface area is 148 Å². The molecule has 1 saturated heterocycles. The van der Waals surface area contributed by atoms with Gasteiger partial charge in [0.25, 0.3) is 0 Å². The van der Waals surface area contributed by atoms with Crippen LogP contribution >= 0.6 is 15.9 Å². The highest BCUT2D eigenvalue weighted by Crippen LogP contribution is 2.22. The number of hydrogen-bond donors (Lipinski definition) is 2. The fraction of sp³-hybridized carbons (Fsp3) is 0.588. The molecule has 128 valence electrons. The Morgan fingerprint density at radius 1 is 1.35 bits per heavy atom. The highest BCUT2D eigenvalue weighted by molar-refractivity contribution is 9.10. The summed E-state index contributed by atoms with van der Waals surface area (Å²) >= 11 is 3.49. The second-order valence-corrected chi connectivity index (χ2v) is 7.12. The van der Waals surface area contributed by atoms with E-state index in [1.807, 2.05) is 7.05 Å². The van der Waals surface area contributed by atoms with Crippen molar-refractivity contribution in [1.82, 2.24) is 15.5 Å². The first-order valence-electron chi connectivity index (χ1n) is 8.21. The minimum absolute atomic E-state index is 0.443. The molecular weight excluding hydrogens is 354 g/mol. The lowest BCUT2D eigenvalue weighted by molar-refractivity contribution is 0.399. The number of benzene rings is 1. The van der Waals surface area contributed by atoms with Crippen molar-refractivity contribution in [3.63, 3.8) is 0 Å². The molecule has 0 radical (unpaired) electrons. The number of nitrogens with one attached hydrogen (secondary N) is 2. The van der Waals surface area contributed by atoms with Gasteiger partial charge in [-0.1, -0.05) is 15.9 Å². The summed E-state index contributed by atoms with van der Waals surface area (Å²) in [7, 11) is 6.04. The van der Waals surface area contributed by atoms with Gasteiger partial charge in [-0.3, -0.25) is 4.99 Å². The van der Waals surface area contributed by atoms with Crippen LogP contribution in [0.25, 0.3) is 0 Å². The van der Waals surface area contributed by atoms with Gasteiger partial charge in [0.2, 0.25) is 0 Å². The Balaban J connectivity index is 1.76. The third-order valence-corrected chi connectivity index (χ3v) is 4.55. The van der Waals surface area contributed by atoms with Gasteiger partial charge in [0.05, 0.1) is 0 Å². The van der Waals surface area contributed by atoms with E-state index in [0.29, 0.717) is 6.04 Å². The van der Waals surface area contributed by atoms with E-state index in [-0.39, 0.29) is 0 Å². The number of hydrogen-bond acceptors (Lipinski definition) is 3. The van der Waals surface area contributed by atoms with E-state index in [1.54, 1.807) is 0 Å². The van der Waals surface area contributed by atoms with Gasteiger partial charge in [0.1, 0.15) is 0 Å². The van der Waals surface area contributed by atoms with Crippen LogP contribution in [0.2, 0.25) is 0 Å². The highest BCUT2D eigenvalue weighted by Gasteiger charge is 2.23. The van der Waals surface area contributed by atoms with Crippen molar-refractivity contribution in [2.75, 3.05) is 52.2 Å². The van der Waals surface area contributed by atoms with E-state index >= 15 is 0 Å². The minimum Gasteiger partial charge on any atom is -0.369 e. The SMILES string of the molecule is CN=C(NCCCN(C)C)NC1CCN(c2ccc(Br)cc2)C1. The Bertz CT molecular complexity index is 500. The third-order valence-electron chi connectivity index (χ3n) is 4.02. The van der Waals surface area contributed by atoms with Gasteiger partial charge < -0.3 is 20.4 Å². The number of guanidine groups is 1. The van der Waals surface area contributed by atoms with Crippen molar-refractivity contribution in [2.24, 2.45) is 4.99 Å². The fourth-order valence-corrected chi connectivity index (χ4v) is 3.02. The van der Waals surface area contributed by atoms with Gasteiger partial charge >= 0.3 is 0 Å². The summed E-state index contributed by atoms with van der Waals surface area (Å²) in [6, 6.07) is 8.98. The maximum atomic E-state index is 4.33. The van der Waals surface area contributed by atoms with Crippen molar-refractivity contribution in [1.29, 1.82) is 0 Å². The summed E-state index contributed by atoms with van der Waals surface area (Å²) < 4.78 is 1.12. The summed E-state index contributed by atoms with van der Waals surface area (Å²) in [5, 5.41) is 6.94. The zero-order valence-electron chi connectivity index (χ0n) is 14.3. The maximum Gasteiger partial charge on any atom is 0.191 e. The van der Waals surface area contributed by atoms with Crippen molar-refractivity contribution in [2.45, 2.75) is 18.9 Å². The molecule has 6 heteroatoms. The minimum atomic E-state index is 0.443. The molecule has 0 amide bonds. The standard InChI is InChI=1S/C17H28BrN5/c1-19-17(20-10-4-11-22(2)3)21-15-9-12-23(13-15)16-7-5-14(18)6-8-16/h5-8,15H,4,9-13H2,1-3H3,(H2,19,20,21). The Morgan fingerprint density at radius 3 is 2.74 bits per heavy atom. The number of nitrogens with zero attached hydrogens (tertiary/aromatic N) is 3. The van der Waals surface area contributed by atoms with E-state index in [0.717, 1.165) is 49.5 Å². The molecule has 1 fully saturated rings. The monoisotopic (exact) mass is 381 g/mol. The van der Waals surface area contributed by atoms with Crippen LogP contribution in [-0.4, -0.2) is 64.2 Å². The average molecular weight is 382 g/mol. The quantitative estimate of drug-likeness (QED) is 0.450. The topological polar surface area (TPSA) is 42.9 Å². The van der Waals surface area contributed by atoms with Crippen molar-refractivity contribution in [3.05, 3.63) is 28.7 Å². The summed E-state index contributed by atoms with van der Waals surface area (Å²) in [5.74, 6) is 0.909. The molecule has 0 bridgehead atoms. The summed E-state index contributed by atoms with van der Waals surface area (Å²) in [6.45, 7) is 4.13. The van der Waals surface area contributed by atoms with Crippen LogP contribution in [0.4, 0.5) is 5.69 Å². The van der Waals surface area contributed by atoms with Crippen LogP contribution in [-0.2, 0) is 0 Å². The van der Waals surface area contributed by atoms with E-state index in [2.05, 4.69) is 79.7 Å². The van der Waals surface area contributed by atoms with Gasteiger partial charge in [-0.05, 0) is 57.7 Å². The Kier molecular flexibility index (Phi) is 7.17. The summed E-state index contributed by atoms with van der Waals surface area (Å²) in [4.78, 5) is 8.95. The third kappa shape index (κ3) is 6.03. The largest absolute Gasteiger partial charge is 0.369 e. The van der Waals surface area contributed by atoms with Gasteiger partial charge in [-0.25, -0.2) is 0 Å². The molecule has 1 aromatic rings. The first-order valence-corrected chi connectivity index (χ1v) is 9.00. The van der Waals surface area contributed by atoms with Crippen LogP contribution < -0.4 is 15.5 Å². The smallest absolute Gasteiger partial charge is 0.191 e.